The largest absolute Gasteiger partial charge is 0.277 e. The van der Waals surface area contributed by atoms with Gasteiger partial charge in [-0.3, -0.25) is 14.4 Å². The first-order valence-corrected chi connectivity index (χ1v) is 2.97. The summed E-state index contributed by atoms with van der Waals surface area (Å²) in [5.74, 6) is -0.881. The third-order valence-corrected chi connectivity index (χ3v) is 1.20. The van der Waals surface area contributed by atoms with E-state index >= 15 is 0 Å². The normalized spacial score (nSPS) is 17.3. The zero-order valence-electron chi connectivity index (χ0n) is 5.57. The summed E-state index contributed by atoms with van der Waals surface area (Å²) in [5.41, 5.74) is 1.75. The monoisotopic (exact) mass is 158 g/mol. The van der Waals surface area contributed by atoms with Gasteiger partial charge in [0.2, 0.25) is 6.41 Å². The van der Waals surface area contributed by atoms with Crippen molar-refractivity contribution < 1.29 is 19.3 Å². The van der Waals surface area contributed by atoms with Gasteiger partial charge in [-0.15, -0.1) is 10.0 Å². The van der Waals surface area contributed by atoms with Crippen LogP contribution in [0.4, 0.5) is 0 Å². The topological polar surface area (TPSA) is 75.7 Å². The van der Waals surface area contributed by atoms with E-state index in [1.165, 1.54) is 0 Å². The number of carbonyl (C=O) groups excluding carboxylic acids is 3. The van der Waals surface area contributed by atoms with Crippen molar-refractivity contribution in [2.24, 2.45) is 0 Å². The van der Waals surface area contributed by atoms with Crippen LogP contribution in [-0.2, 0) is 19.3 Å². The van der Waals surface area contributed by atoms with Gasteiger partial charge in [-0.05, 0) is 0 Å². The van der Waals surface area contributed by atoms with E-state index < -0.39 is 11.8 Å². The summed E-state index contributed by atoms with van der Waals surface area (Å²) < 4.78 is 0. The van der Waals surface area contributed by atoms with Gasteiger partial charge in [-0.2, -0.15) is 0 Å². The molecule has 0 bridgehead atoms. The van der Waals surface area contributed by atoms with E-state index in [-0.39, 0.29) is 19.3 Å². The first kappa shape index (κ1) is 7.67. The number of amides is 3. The highest BCUT2D eigenvalue weighted by atomic mass is 16.8. The third kappa shape index (κ3) is 1.53. The van der Waals surface area contributed by atoms with Crippen LogP contribution < -0.4 is 5.48 Å². The highest BCUT2D eigenvalue weighted by Gasteiger charge is 2.30. The minimum Gasteiger partial charge on any atom is -0.277 e. The quantitative estimate of drug-likeness (QED) is 0.315. The molecule has 1 N–H and O–H groups in total. The summed E-state index contributed by atoms with van der Waals surface area (Å²) in [6, 6.07) is 0. The molecule has 0 aromatic rings. The highest BCUT2D eigenvalue weighted by Crippen LogP contribution is 2.10. The molecule has 0 atom stereocenters. The lowest BCUT2D eigenvalue weighted by atomic mass is 10.4. The molecule has 6 heteroatoms. The first-order chi connectivity index (χ1) is 5.25. The molecule has 1 aliphatic rings. The molecular formula is C5H6N2O4. The number of nitrogens with one attached hydrogen (secondary N) is 1. The van der Waals surface area contributed by atoms with Gasteiger partial charge in [0, 0.05) is 12.8 Å². The van der Waals surface area contributed by atoms with Crippen LogP contribution in [0, 0.1) is 0 Å². The van der Waals surface area contributed by atoms with Crippen LogP contribution in [0.1, 0.15) is 12.8 Å². The van der Waals surface area contributed by atoms with E-state index in [9.17, 15) is 14.4 Å². The maximum absolute atomic E-state index is 10.7. The molecule has 1 aliphatic heterocycles. The molecule has 0 aliphatic carbocycles. The van der Waals surface area contributed by atoms with Gasteiger partial charge in [0.15, 0.2) is 0 Å². The van der Waals surface area contributed by atoms with Gasteiger partial charge < -0.3 is 0 Å². The maximum Gasteiger partial charge on any atom is 0.256 e. The van der Waals surface area contributed by atoms with Crippen molar-refractivity contribution in [3.8, 4) is 0 Å². The lowest BCUT2D eigenvalue weighted by Crippen LogP contribution is -2.34. The van der Waals surface area contributed by atoms with Crippen LogP contribution in [0.25, 0.3) is 0 Å². The lowest BCUT2D eigenvalue weighted by molar-refractivity contribution is -0.205. The number of hydrogen-bond donors (Lipinski definition) is 1. The van der Waals surface area contributed by atoms with Crippen LogP contribution in [0.15, 0.2) is 0 Å². The van der Waals surface area contributed by atoms with Gasteiger partial charge in [-0.25, -0.2) is 5.48 Å². The molecule has 0 aromatic heterocycles. The number of hydrogen-bond acceptors (Lipinski definition) is 4. The lowest BCUT2D eigenvalue weighted by Gasteiger charge is -2.09. The third-order valence-electron chi connectivity index (χ3n) is 1.20. The zero-order valence-corrected chi connectivity index (χ0v) is 5.57. The first-order valence-electron chi connectivity index (χ1n) is 2.97. The summed E-state index contributed by atoms with van der Waals surface area (Å²) in [6.45, 7) is 0. The molecule has 60 valence electrons. The fraction of sp³-hybridized carbons (Fsp3) is 0.400. The molecule has 1 fully saturated rings. The Morgan fingerprint density at radius 1 is 1.36 bits per heavy atom. The molecule has 0 saturated carbocycles. The standard InChI is InChI=1S/C5H6N2O4/c8-3-6-11-7-4(9)1-2-5(7)10/h3H,1-2H2,(H,6,8). The molecule has 0 aromatic carbocycles. The molecule has 11 heavy (non-hydrogen) atoms. The molecule has 1 saturated heterocycles. The maximum atomic E-state index is 10.7. The zero-order chi connectivity index (χ0) is 8.27. The molecule has 0 radical (unpaired) electrons. The van der Waals surface area contributed by atoms with Crippen molar-refractivity contribution >= 4 is 18.2 Å². The van der Waals surface area contributed by atoms with Crippen molar-refractivity contribution in [1.82, 2.24) is 10.5 Å². The van der Waals surface area contributed by atoms with Gasteiger partial charge >= 0.3 is 0 Å². The van der Waals surface area contributed by atoms with E-state index in [0.29, 0.717) is 5.06 Å². The predicted octanol–water partition coefficient (Wildman–Crippen LogP) is -1.27. The Balaban J connectivity index is 2.47. The molecule has 6 nitrogen and oxygen atoms in total. The van der Waals surface area contributed by atoms with Crippen molar-refractivity contribution in [3.05, 3.63) is 0 Å². The van der Waals surface area contributed by atoms with Crippen molar-refractivity contribution in [2.45, 2.75) is 12.8 Å². The Morgan fingerprint density at radius 2 is 1.91 bits per heavy atom. The van der Waals surface area contributed by atoms with Crippen LogP contribution in [0.5, 0.6) is 0 Å². The summed E-state index contributed by atoms with van der Waals surface area (Å²) >= 11 is 0. The SMILES string of the molecule is O=CNON1C(=O)CCC1=O. The van der Waals surface area contributed by atoms with Crippen molar-refractivity contribution in [1.29, 1.82) is 0 Å². The molecule has 1 rings (SSSR count). The summed E-state index contributed by atoms with van der Waals surface area (Å²) in [5, 5.41) is 0.536. The van der Waals surface area contributed by atoms with Crippen LogP contribution >= 0.6 is 0 Å². The van der Waals surface area contributed by atoms with E-state index in [2.05, 4.69) is 4.94 Å². The minimum absolute atomic E-state index is 0.138. The van der Waals surface area contributed by atoms with E-state index in [4.69, 9.17) is 0 Å². The second-order valence-electron chi connectivity index (χ2n) is 1.91. The molecule has 1 heterocycles. The average Bonchev–Trinajstić information content (AvgIpc) is 2.29. The highest BCUT2D eigenvalue weighted by molar-refractivity contribution is 6.00. The van der Waals surface area contributed by atoms with Crippen LogP contribution in [0.3, 0.4) is 0 Å². The predicted molar refractivity (Wildman–Crippen MR) is 31.4 cm³/mol. The number of imide groups is 1. The van der Waals surface area contributed by atoms with Crippen molar-refractivity contribution in [2.75, 3.05) is 0 Å². The van der Waals surface area contributed by atoms with Crippen molar-refractivity contribution in [3.63, 3.8) is 0 Å². The Hall–Kier alpha value is -1.43. The van der Waals surface area contributed by atoms with Gasteiger partial charge in [0.05, 0.1) is 0 Å². The average molecular weight is 158 g/mol. The fourth-order valence-electron chi connectivity index (χ4n) is 0.732. The summed E-state index contributed by atoms with van der Waals surface area (Å²) in [4.78, 5) is 35.4. The van der Waals surface area contributed by atoms with Gasteiger partial charge in [0.1, 0.15) is 0 Å². The second-order valence-corrected chi connectivity index (χ2v) is 1.91. The van der Waals surface area contributed by atoms with E-state index in [1.54, 1.807) is 5.48 Å². The fourth-order valence-corrected chi connectivity index (χ4v) is 0.732. The van der Waals surface area contributed by atoms with Gasteiger partial charge in [-0.1, -0.05) is 0 Å². The smallest absolute Gasteiger partial charge is 0.256 e. The number of nitrogens with zero attached hydrogens (tertiary/aromatic N) is 1. The summed E-state index contributed by atoms with van der Waals surface area (Å²) in [7, 11) is 0. The molecule has 3 amide bonds. The summed E-state index contributed by atoms with van der Waals surface area (Å²) in [6.07, 6.45) is 0.512. The molecule has 0 spiro atoms. The minimum atomic E-state index is -0.440. The van der Waals surface area contributed by atoms with E-state index in [0.717, 1.165) is 0 Å². The van der Waals surface area contributed by atoms with Crippen LogP contribution in [0.2, 0.25) is 0 Å². The molecule has 0 unspecified atom stereocenters. The van der Waals surface area contributed by atoms with Gasteiger partial charge in [0.25, 0.3) is 11.8 Å². The Kier molecular flexibility index (Phi) is 2.17. The van der Waals surface area contributed by atoms with E-state index in [1.807, 2.05) is 0 Å². The second kappa shape index (κ2) is 3.11. The molecular weight excluding hydrogens is 152 g/mol. The van der Waals surface area contributed by atoms with Crippen LogP contribution in [-0.4, -0.2) is 23.3 Å². The Bertz CT molecular complexity index is 187. The number of carbonyl (C=O) groups is 3. The number of rotatable bonds is 3. The Labute approximate surface area is 62.0 Å². The Morgan fingerprint density at radius 3 is 2.36 bits per heavy atom. The number of hydroxylamine groups is 3.